The summed E-state index contributed by atoms with van der Waals surface area (Å²) in [5.41, 5.74) is 1.36. The maximum Gasteiger partial charge on any atom is 0.0406 e. The summed E-state index contributed by atoms with van der Waals surface area (Å²) in [6.07, 6.45) is 5.20. The summed E-state index contributed by atoms with van der Waals surface area (Å²) in [5.74, 6) is 1.71. The summed E-state index contributed by atoms with van der Waals surface area (Å²) in [5, 5.41) is 4.55. The molecule has 3 unspecified atom stereocenters. The number of benzene rings is 1. The van der Waals surface area contributed by atoms with Crippen molar-refractivity contribution in [3.8, 4) is 0 Å². The second kappa shape index (κ2) is 6.58. The van der Waals surface area contributed by atoms with Crippen LogP contribution in [-0.4, -0.2) is 12.6 Å². The van der Waals surface area contributed by atoms with Crippen molar-refractivity contribution in [1.82, 2.24) is 5.32 Å². The molecule has 3 atom stereocenters. The van der Waals surface area contributed by atoms with Gasteiger partial charge in [-0.2, -0.15) is 0 Å². The largest absolute Gasteiger partial charge is 0.313 e. The van der Waals surface area contributed by atoms with Gasteiger partial charge in [0, 0.05) is 11.1 Å². The second-order valence-corrected chi connectivity index (χ2v) is 6.27. The predicted octanol–water partition coefficient (Wildman–Crippen LogP) is 4.30. The molecule has 0 aromatic heterocycles. The van der Waals surface area contributed by atoms with Gasteiger partial charge in [-0.3, -0.25) is 0 Å². The van der Waals surface area contributed by atoms with Gasteiger partial charge in [0.25, 0.3) is 0 Å². The molecule has 0 bridgehead atoms. The highest BCUT2D eigenvalue weighted by molar-refractivity contribution is 6.30. The first-order valence-corrected chi connectivity index (χ1v) is 7.51. The molecule has 100 valence electrons. The first-order chi connectivity index (χ1) is 8.65. The molecule has 2 rings (SSSR count). The Morgan fingerprint density at radius 1 is 1.17 bits per heavy atom. The van der Waals surface area contributed by atoms with Crippen LogP contribution in [0.25, 0.3) is 0 Å². The molecule has 0 aliphatic heterocycles. The molecular weight excluding hydrogens is 242 g/mol. The Morgan fingerprint density at radius 3 is 2.61 bits per heavy atom. The van der Waals surface area contributed by atoms with Crippen molar-refractivity contribution < 1.29 is 0 Å². The van der Waals surface area contributed by atoms with Crippen molar-refractivity contribution in [3.05, 3.63) is 34.9 Å². The number of hydrogen-bond donors (Lipinski definition) is 1. The minimum Gasteiger partial charge on any atom is -0.313 e. The topological polar surface area (TPSA) is 12.0 Å². The molecule has 1 nitrogen and oxygen atoms in total. The van der Waals surface area contributed by atoms with E-state index in [4.69, 9.17) is 11.6 Å². The van der Waals surface area contributed by atoms with Crippen LogP contribution in [0.2, 0.25) is 5.02 Å². The minimum atomic E-state index is 0.709. The van der Waals surface area contributed by atoms with E-state index in [1.165, 1.54) is 24.8 Å². The van der Waals surface area contributed by atoms with Crippen LogP contribution in [-0.2, 0) is 6.42 Å². The number of nitrogens with one attached hydrogen (secondary N) is 1. The van der Waals surface area contributed by atoms with Gasteiger partial charge in [0.15, 0.2) is 0 Å². The third kappa shape index (κ3) is 4.00. The van der Waals surface area contributed by atoms with E-state index in [0.29, 0.717) is 6.04 Å². The van der Waals surface area contributed by atoms with Crippen LogP contribution >= 0.6 is 11.6 Å². The standard InChI is InChI=1S/C16H24ClN/c1-12-3-4-13(2)16(11-12)18-10-9-14-5-7-15(17)8-6-14/h5-8,12-13,16,18H,3-4,9-11H2,1-2H3. The van der Waals surface area contributed by atoms with Crippen LogP contribution < -0.4 is 5.32 Å². The lowest BCUT2D eigenvalue weighted by Gasteiger charge is -2.33. The molecule has 1 aromatic rings. The fraction of sp³-hybridized carbons (Fsp3) is 0.625. The van der Waals surface area contributed by atoms with Crippen molar-refractivity contribution >= 4 is 11.6 Å². The molecular formula is C16H24ClN. The molecule has 0 radical (unpaired) electrons. The Balaban J connectivity index is 1.76. The van der Waals surface area contributed by atoms with Crippen molar-refractivity contribution in [2.24, 2.45) is 11.8 Å². The molecule has 0 spiro atoms. The SMILES string of the molecule is CC1CCC(C)C(NCCc2ccc(Cl)cc2)C1. The van der Waals surface area contributed by atoms with E-state index in [2.05, 4.69) is 31.3 Å². The lowest BCUT2D eigenvalue weighted by Crippen LogP contribution is -2.40. The third-order valence-electron chi connectivity index (χ3n) is 4.19. The van der Waals surface area contributed by atoms with Crippen LogP contribution in [0, 0.1) is 11.8 Å². The first kappa shape index (κ1) is 13.9. The molecule has 0 heterocycles. The minimum absolute atomic E-state index is 0.709. The highest BCUT2D eigenvalue weighted by Crippen LogP contribution is 2.28. The molecule has 1 aliphatic carbocycles. The predicted molar refractivity (Wildman–Crippen MR) is 79.1 cm³/mol. The van der Waals surface area contributed by atoms with Crippen molar-refractivity contribution in [3.63, 3.8) is 0 Å². The molecule has 1 aliphatic rings. The van der Waals surface area contributed by atoms with Crippen molar-refractivity contribution in [2.45, 2.75) is 45.6 Å². The Hall–Kier alpha value is -0.530. The molecule has 1 N–H and O–H groups in total. The lowest BCUT2D eigenvalue weighted by molar-refractivity contribution is 0.230. The Labute approximate surface area is 116 Å². The van der Waals surface area contributed by atoms with Gasteiger partial charge in [-0.25, -0.2) is 0 Å². The highest BCUT2D eigenvalue weighted by Gasteiger charge is 2.24. The molecule has 1 saturated carbocycles. The number of rotatable bonds is 4. The number of halogens is 1. The maximum atomic E-state index is 5.89. The fourth-order valence-electron chi connectivity index (χ4n) is 2.87. The van der Waals surface area contributed by atoms with Gasteiger partial charge in [0.1, 0.15) is 0 Å². The molecule has 1 fully saturated rings. The summed E-state index contributed by atoms with van der Waals surface area (Å²) in [6.45, 7) is 5.83. The van der Waals surface area contributed by atoms with E-state index in [-0.39, 0.29) is 0 Å². The van der Waals surface area contributed by atoms with Crippen molar-refractivity contribution in [1.29, 1.82) is 0 Å². The van der Waals surface area contributed by atoms with Crippen LogP contribution in [0.3, 0.4) is 0 Å². The van der Waals surface area contributed by atoms with Crippen LogP contribution in [0.5, 0.6) is 0 Å². The summed E-state index contributed by atoms with van der Waals surface area (Å²) in [7, 11) is 0. The third-order valence-corrected chi connectivity index (χ3v) is 4.44. The van der Waals surface area contributed by atoms with Gasteiger partial charge >= 0.3 is 0 Å². The molecule has 18 heavy (non-hydrogen) atoms. The molecule has 0 amide bonds. The Bertz CT molecular complexity index is 360. The monoisotopic (exact) mass is 265 g/mol. The lowest BCUT2D eigenvalue weighted by atomic mass is 9.80. The molecule has 2 heteroatoms. The smallest absolute Gasteiger partial charge is 0.0406 e. The molecule has 1 aromatic carbocycles. The average Bonchev–Trinajstić information content (AvgIpc) is 2.36. The van der Waals surface area contributed by atoms with Gasteiger partial charge in [0.05, 0.1) is 0 Å². The quantitative estimate of drug-likeness (QED) is 0.856. The van der Waals surface area contributed by atoms with Crippen molar-refractivity contribution in [2.75, 3.05) is 6.54 Å². The van der Waals surface area contributed by atoms with Crippen LogP contribution in [0.15, 0.2) is 24.3 Å². The van der Waals surface area contributed by atoms with E-state index >= 15 is 0 Å². The first-order valence-electron chi connectivity index (χ1n) is 7.13. The van der Waals surface area contributed by atoms with E-state index in [1.54, 1.807) is 0 Å². The summed E-state index contributed by atoms with van der Waals surface area (Å²) < 4.78 is 0. The molecule has 0 saturated heterocycles. The fourth-order valence-corrected chi connectivity index (χ4v) is 3.00. The van der Waals surface area contributed by atoms with Gasteiger partial charge in [-0.05, 0) is 55.3 Å². The Kier molecular flexibility index (Phi) is 5.08. The van der Waals surface area contributed by atoms with E-state index in [9.17, 15) is 0 Å². The van der Waals surface area contributed by atoms with E-state index in [1.807, 2.05) is 12.1 Å². The van der Waals surface area contributed by atoms with Crippen LogP contribution in [0.4, 0.5) is 0 Å². The normalized spacial score (nSPS) is 28.3. The van der Waals surface area contributed by atoms with Gasteiger partial charge in [0.2, 0.25) is 0 Å². The second-order valence-electron chi connectivity index (χ2n) is 5.83. The average molecular weight is 266 g/mol. The highest BCUT2D eigenvalue weighted by atomic mass is 35.5. The zero-order valence-corrected chi connectivity index (χ0v) is 12.2. The zero-order chi connectivity index (χ0) is 13.0. The van der Waals surface area contributed by atoms with Gasteiger partial charge < -0.3 is 5.32 Å². The summed E-state index contributed by atoms with van der Waals surface area (Å²) in [4.78, 5) is 0. The maximum absolute atomic E-state index is 5.89. The summed E-state index contributed by atoms with van der Waals surface area (Å²) >= 11 is 5.89. The Morgan fingerprint density at radius 2 is 1.89 bits per heavy atom. The van der Waals surface area contributed by atoms with Gasteiger partial charge in [-0.15, -0.1) is 0 Å². The summed E-state index contributed by atoms with van der Waals surface area (Å²) in [6, 6.07) is 8.90. The van der Waals surface area contributed by atoms with E-state index in [0.717, 1.165) is 29.8 Å². The van der Waals surface area contributed by atoms with Gasteiger partial charge in [-0.1, -0.05) is 44.0 Å². The van der Waals surface area contributed by atoms with E-state index < -0.39 is 0 Å². The number of hydrogen-bond acceptors (Lipinski definition) is 1. The zero-order valence-electron chi connectivity index (χ0n) is 11.5. The van der Waals surface area contributed by atoms with Crippen LogP contribution in [0.1, 0.15) is 38.7 Å².